The number of carbonyl (C=O) groups is 1. The number of amides is 1. The zero-order chi connectivity index (χ0) is 17.4. The van der Waals surface area contributed by atoms with Gasteiger partial charge in [0.1, 0.15) is 0 Å². The SMILES string of the molecule is CN1CCCCC12CCC(N1CCc3cc(C(=O)NO)cnc3C1)C2. The van der Waals surface area contributed by atoms with Crippen molar-refractivity contribution in [2.45, 2.75) is 63.1 Å². The summed E-state index contributed by atoms with van der Waals surface area (Å²) < 4.78 is 0. The number of aromatic nitrogens is 1. The van der Waals surface area contributed by atoms with Crippen molar-refractivity contribution < 1.29 is 10.0 Å². The Hall–Kier alpha value is -1.50. The Morgan fingerprint density at radius 3 is 3.04 bits per heavy atom. The van der Waals surface area contributed by atoms with E-state index in [4.69, 9.17) is 5.21 Å². The fraction of sp³-hybridized carbons (Fsp3) is 0.684. The Labute approximate surface area is 149 Å². The number of pyridine rings is 1. The molecule has 1 amide bonds. The number of carbonyl (C=O) groups excluding carboxylic acids is 1. The summed E-state index contributed by atoms with van der Waals surface area (Å²) in [6, 6.07) is 2.52. The highest BCUT2D eigenvalue weighted by molar-refractivity contribution is 5.93. The number of nitrogens with zero attached hydrogens (tertiary/aromatic N) is 3. The van der Waals surface area contributed by atoms with Crippen LogP contribution in [0.3, 0.4) is 0 Å². The van der Waals surface area contributed by atoms with Crippen LogP contribution in [0.4, 0.5) is 0 Å². The molecule has 3 aliphatic rings. The molecule has 0 aromatic carbocycles. The van der Waals surface area contributed by atoms with E-state index in [1.807, 2.05) is 6.07 Å². The molecule has 136 valence electrons. The minimum atomic E-state index is -0.490. The van der Waals surface area contributed by atoms with E-state index in [9.17, 15) is 4.79 Å². The van der Waals surface area contributed by atoms with Crippen LogP contribution in [-0.4, -0.2) is 57.6 Å². The average molecular weight is 344 g/mol. The van der Waals surface area contributed by atoms with E-state index in [0.29, 0.717) is 17.1 Å². The van der Waals surface area contributed by atoms with Crippen LogP contribution in [0.15, 0.2) is 12.3 Å². The van der Waals surface area contributed by atoms with Gasteiger partial charge < -0.3 is 4.90 Å². The predicted octanol–water partition coefficient (Wildman–Crippen LogP) is 1.97. The van der Waals surface area contributed by atoms with Gasteiger partial charge in [0.2, 0.25) is 0 Å². The second-order valence-electron chi connectivity index (χ2n) is 7.99. The van der Waals surface area contributed by atoms with Gasteiger partial charge in [0.25, 0.3) is 5.91 Å². The summed E-state index contributed by atoms with van der Waals surface area (Å²) >= 11 is 0. The first-order valence-corrected chi connectivity index (χ1v) is 9.49. The molecule has 1 saturated heterocycles. The van der Waals surface area contributed by atoms with Gasteiger partial charge in [-0.25, -0.2) is 5.48 Å². The molecular formula is C19H28N4O2. The molecule has 1 aliphatic carbocycles. The van der Waals surface area contributed by atoms with Crippen LogP contribution in [-0.2, 0) is 13.0 Å². The fourth-order valence-corrected chi connectivity index (χ4v) is 5.13. The van der Waals surface area contributed by atoms with Crippen LogP contribution in [0.1, 0.15) is 60.1 Å². The van der Waals surface area contributed by atoms with Crippen molar-refractivity contribution in [3.63, 3.8) is 0 Å². The first kappa shape index (κ1) is 16.9. The van der Waals surface area contributed by atoms with Crippen molar-refractivity contribution in [2.75, 3.05) is 20.1 Å². The lowest BCUT2D eigenvalue weighted by Crippen LogP contribution is -2.49. The molecule has 1 aromatic rings. The summed E-state index contributed by atoms with van der Waals surface area (Å²) in [6.07, 6.45) is 10.4. The summed E-state index contributed by atoms with van der Waals surface area (Å²) in [5.74, 6) is -0.490. The molecule has 4 rings (SSSR count). The van der Waals surface area contributed by atoms with Crippen molar-refractivity contribution >= 4 is 5.91 Å². The third kappa shape index (κ3) is 3.07. The summed E-state index contributed by atoms with van der Waals surface area (Å²) in [4.78, 5) is 21.3. The third-order valence-corrected chi connectivity index (χ3v) is 6.72. The number of fused-ring (bicyclic) bond motifs is 1. The van der Waals surface area contributed by atoms with Gasteiger partial charge in [-0.1, -0.05) is 6.42 Å². The van der Waals surface area contributed by atoms with E-state index >= 15 is 0 Å². The molecule has 25 heavy (non-hydrogen) atoms. The lowest BCUT2D eigenvalue weighted by Gasteiger charge is -2.44. The molecule has 0 radical (unpaired) electrons. The van der Waals surface area contributed by atoms with Crippen molar-refractivity contribution in [1.29, 1.82) is 0 Å². The fourth-order valence-electron chi connectivity index (χ4n) is 5.13. The highest BCUT2D eigenvalue weighted by Gasteiger charge is 2.45. The van der Waals surface area contributed by atoms with Gasteiger partial charge in [-0.2, -0.15) is 0 Å². The molecule has 2 N–H and O–H groups in total. The smallest absolute Gasteiger partial charge is 0.276 e. The molecule has 6 nitrogen and oxygen atoms in total. The standard InChI is InChI=1S/C19H28N4O2/c1-22-8-3-2-6-19(22)7-4-16(11-19)23-9-5-14-10-15(18(24)21-25)12-20-17(14)13-23/h10,12,16,25H,2-9,11,13H2,1H3,(H,21,24). The second-order valence-corrected chi connectivity index (χ2v) is 7.99. The van der Waals surface area contributed by atoms with E-state index in [0.717, 1.165) is 30.8 Å². The Balaban J connectivity index is 1.45. The predicted molar refractivity (Wildman–Crippen MR) is 94.5 cm³/mol. The van der Waals surface area contributed by atoms with E-state index < -0.39 is 5.91 Å². The average Bonchev–Trinajstić information content (AvgIpc) is 3.08. The first-order valence-electron chi connectivity index (χ1n) is 9.49. The molecule has 2 aliphatic heterocycles. The van der Waals surface area contributed by atoms with E-state index in [2.05, 4.69) is 21.8 Å². The number of hydroxylamine groups is 1. The van der Waals surface area contributed by atoms with Gasteiger partial charge in [0.15, 0.2) is 0 Å². The minimum absolute atomic E-state index is 0.429. The Morgan fingerprint density at radius 1 is 1.36 bits per heavy atom. The summed E-state index contributed by atoms with van der Waals surface area (Å²) in [6.45, 7) is 3.15. The lowest BCUT2D eigenvalue weighted by atomic mass is 9.85. The van der Waals surface area contributed by atoms with E-state index in [1.165, 1.54) is 45.1 Å². The monoisotopic (exact) mass is 344 g/mol. The maximum Gasteiger partial charge on any atom is 0.276 e. The van der Waals surface area contributed by atoms with Crippen molar-refractivity contribution in [2.24, 2.45) is 0 Å². The van der Waals surface area contributed by atoms with Crippen LogP contribution in [0.2, 0.25) is 0 Å². The molecule has 1 spiro atoms. The number of hydrogen-bond donors (Lipinski definition) is 2. The van der Waals surface area contributed by atoms with Gasteiger partial charge in [-0.15, -0.1) is 0 Å². The molecule has 2 unspecified atom stereocenters. The Kier molecular flexibility index (Phi) is 4.52. The van der Waals surface area contributed by atoms with Crippen LogP contribution in [0.25, 0.3) is 0 Å². The molecule has 1 saturated carbocycles. The van der Waals surface area contributed by atoms with E-state index in [1.54, 1.807) is 11.7 Å². The topological polar surface area (TPSA) is 68.7 Å². The molecular weight excluding hydrogens is 316 g/mol. The quantitative estimate of drug-likeness (QED) is 0.634. The van der Waals surface area contributed by atoms with Crippen LogP contribution in [0.5, 0.6) is 0 Å². The lowest BCUT2D eigenvalue weighted by molar-refractivity contribution is 0.0659. The molecule has 6 heteroatoms. The van der Waals surface area contributed by atoms with Gasteiger partial charge in [0.05, 0.1) is 11.3 Å². The van der Waals surface area contributed by atoms with Crippen molar-refractivity contribution in [3.8, 4) is 0 Å². The summed E-state index contributed by atoms with van der Waals surface area (Å²) in [5.41, 5.74) is 4.76. The zero-order valence-corrected chi connectivity index (χ0v) is 15.0. The minimum Gasteiger partial charge on any atom is -0.301 e. The van der Waals surface area contributed by atoms with Gasteiger partial charge >= 0.3 is 0 Å². The second kappa shape index (κ2) is 6.67. The molecule has 0 bridgehead atoms. The van der Waals surface area contributed by atoms with Crippen molar-refractivity contribution in [3.05, 3.63) is 29.1 Å². The van der Waals surface area contributed by atoms with Gasteiger partial charge in [-0.3, -0.25) is 19.9 Å². The summed E-state index contributed by atoms with van der Waals surface area (Å²) in [5, 5.41) is 8.78. The zero-order valence-electron chi connectivity index (χ0n) is 15.0. The molecule has 2 fully saturated rings. The third-order valence-electron chi connectivity index (χ3n) is 6.72. The van der Waals surface area contributed by atoms with Crippen LogP contribution >= 0.6 is 0 Å². The van der Waals surface area contributed by atoms with Crippen LogP contribution in [0, 0.1) is 0 Å². The van der Waals surface area contributed by atoms with Crippen LogP contribution < -0.4 is 5.48 Å². The van der Waals surface area contributed by atoms with Gasteiger partial charge in [0, 0.05) is 30.9 Å². The molecule has 3 heterocycles. The van der Waals surface area contributed by atoms with E-state index in [-0.39, 0.29) is 0 Å². The normalized spacial score (nSPS) is 30.4. The Morgan fingerprint density at radius 2 is 2.24 bits per heavy atom. The maximum atomic E-state index is 11.6. The number of likely N-dealkylation sites (tertiary alicyclic amines) is 1. The number of hydrogen-bond acceptors (Lipinski definition) is 5. The number of nitrogens with one attached hydrogen (secondary N) is 1. The van der Waals surface area contributed by atoms with Gasteiger partial charge in [-0.05, 0) is 63.7 Å². The highest BCUT2D eigenvalue weighted by atomic mass is 16.5. The number of piperidine rings is 1. The molecule has 1 aromatic heterocycles. The molecule has 2 atom stereocenters. The van der Waals surface area contributed by atoms with Crippen molar-refractivity contribution in [1.82, 2.24) is 20.3 Å². The highest BCUT2D eigenvalue weighted by Crippen LogP contribution is 2.43. The number of rotatable bonds is 2. The Bertz CT molecular complexity index is 665. The maximum absolute atomic E-state index is 11.6. The summed E-state index contributed by atoms with van der Waals surface area (Å²) in [7, 11) is 2.31. The largest absolute Gasteiger partial charge is 0.301 e. The first-order chi connectivity index (χ1) is 12.1.